The maximum absolute atomic E-state index is 13.9. The van der Waals surface area contributed by atoms with Crippen LogP contribution in [0.1, 0.15) is 46.1 Å². The van der Waals surface area contributed by atoms with E-state index in [0.717, 1.165) is 23.9 Å². The molecule has 0 saturated heterocycles. The Morgan fingerprint density at radius 1 is 1.21 bits per heavy atom. The monoisotopic (exact) mass is 477 g/mol. The van der Waals surface area contributed by atoms with Gasteiger partial charge in [0.15, 0.2) is 5.43 Å². The molecule has 0 saturated carbocycles. The van der Waals surface area contributed by atoms with Crippen molar-refractivity contribution in [3.63, 3.8) is 0 Å². The molecule has 0 radical (unpaired) electrons. The summed E-state index contributed by atoms with van der Waals surface area (Å²) in [6.45, 7) is 6.02. The third-order valence-electron chi connectivity index (χ3n) is 5.52. The van der Waals surface area contributed by atoms with Gasteiger partial charge in [0.05, 0.1) is 17.0 Å². The fraction of sp³-hybridized carbons (Fsp3) is 0.200. The van der Waals surface area contributed by atoms with Gasteiger partial charge in [-0.1, -0.05) is 43.0 Å². The van der Waals surface area contributed by atoms with E-state index in [1.54, 1.807) is 30.3 Å². The molecule has 1 atom stereocenters. The average molecular weight is 478 g/mol. The Balaban J connectivity index is 1.69. The fourth-order valence-electron chi connectivity index (χ4n) is 4.02. The van der Waals surface area contributed by atoms with Crippen molar-refractivity contribution in [2.75, 3.05) is 11.5 Å². The molecule has 0 N–H and O–H groups in total. The Labute approximate surface area is 198 Å². The lowest BCUT2D eigenvalue weighted by atomic mass is 9.98. The van der Waals surface area contributed by atoms with Crippen LogP contribution < -0.4 is 15.1 Å². The summed E-state index contributed by atoms with van der Waals surface area (Å²) in [7, 11) is 0. The number of aryl methyl sites for hydroxylation is 1. The molecule has 1 aliphatic rings. The Kier molecular flexibility index (Phi) is 5.70. The van der Waals surface area contributed by atoms with E-state index < -0.39 is 23.2 Å². The van der Waals surface area contributed by atoms with Crippen LogP contribution in [0.2, 0.25) is 0 Å². The maximum atomic E-state index is 13.9. The zero-order chi connectivity index (χ0) is 23.8. The van der Waals surface area contributed by atoms with Crippen molar-refractivity contribution in [1.29, 1.82) is 0 Å². The van der Waals surface area contributed by atoms with Crippen molar-refractivity contribution in [3.8, 4) is 5.75 Å². The number of halogens is 1. The van der Waals surface area contributed by atoms with Crippen LogP contribution in [0.4, 0.5) is 9.52 Å². The first-order valence-corrected chi connectivity index (χ1v) is 11.6. The van der Waals surface area contributed by atoms with Crippen LogP contribution in [0.25, 0.3) is 11.0 Å². The van der Waals surface area contributed by atoms with Crippen LogP contribution in [0.15, 0.2) is 64.3 Å². The first kappa shape index (κ1) is 22.0. The van der Waals surface area contributed by atoms with E-state index in [-0.39, 0.29) is 22.3 Å². The summed E-state index contributed by atoms with van der Waals surface area (Å²) in [4.78, 5) is 28.5. The molecule has 0 spiro atoms. The predicted octanol–water partition coefficient (Wildman–Crippen LogP) is 5.05. The Morgan fingerprint density at radius 2 is 2.00 bits per heavy atom. The number of nitrogens with zero attached hydrogens (tertiary/aromatic N) is 3. The van der Waals surface area contributed by atoms with Crippen LogP contribution >= 0.6 is 11.3 Å². The normalized spacial score (nSPS) is 15.1. The SMILES string of the molecule is C=CCOc1ccc([C@@H]2c3c(oc4ccc(F)cc4c3=O)C(=O)N2c2nnc(CCC)s2)cc1. The average Bonchev–Trinajstić information content (AvgIpc) is 3.41. The van der Waals surface area contributed by atoms with Gasteiger partial charge >= 0.3 is 0 Å². The third-order valence-corrected chi connectivity index (χ3v) is 6.50. The van der Waals surface area contributed by atoms with Gasteiger partial charge in [-0.05, 0) is 42.3 Å². The lowest BCUT2D eigenvalue weighted by Crippen LogP contribution is -2.29. The van der Waals surface area contributed by atoms with Gasteiger partial charge in [0.1, 0.15) is 28.8 Å². The second-order valence-electron chi connectivity index (χ2n) is 7.79. The minimum absolute atomic E-state index is 0.0756. The summed E-state index contributed by atoms with van der Waals surface area (Å²) >= 11 is 1.30. The van der Waals surface area contributed by atoms with Gasteiger partial charge in [0.25, 0.3) is 5.91 Å². The molecule has 1 aliphatic heterocycles. The van der Waals surface area contributed by atoms with E-state index in [1.807, 2.05) is 6.92 Å². The molecule has 172 valence electrons. The molecule has 5 rings (SSSR count). The predicted molar refractivity (Wildman–Crippen MR) is 127 cm³/mol. The van der Waals surface area contributed by atoms with Gasteiger partial charge in [-0.3, -0.25) is 14.5 Å². The summed E-state index contributed by atoms with van der Waals surface area (Å²) in [6.07, 6.45) is 3.25. The molecule has 3 heterocycles. The van der Waals surface area contributed by atoms with Crippen LogP contribution in [0.5, 0.6) is 5.75 Å². The minimum Gasteiger partial charge on any atom is -0.490 e. The van der Waals surface area contributed by atoms with E-state index in [9.17, 15) is 14.0 Å². The third kappa shape index (κ3) is 3.67. The lowest BCUT2D eigenvalue weighted by molar-refractivity contribution is 0.0970. The number of carbonyl (C=O) groups excluding carboxylic acids is 1. The molecule has 9 heteroatoms. The van der Waals surface area contributed by atoms with Crippen molar-refractivity contribution in [1.82, 2.24) is 10.2 Å². The van der Waals surface area contributed by atoms with Crippen LogP contribution in [-0.2, 0) is 6.42 Å². The highest BCUT2D eigenvalue weighted by atomic mass is 32.1. The Hall–Kier alpha value is -3.85. The highest BCUT2D eigenvalue weighted by Crippen LogP contribution is 2.42. The first-order valence-electron chi connectivity index (χ1n) is 10.8. The minimum atomic E-state index is -0.803. The summed E-state index contributed by atoms with van der Waals surface area (Å²) < 4.78 is 25.3. The highest BCUT2D eigenvalue weighted by Gasteiger charge is 2.45. The van der Waals surface area contributed by atoms with E-state index in [1.165, 1.54) is 28.4 Å². The molecule has 0 unspecified atom stereocenters. The number of hydrogen-bond donors (Lipinski definition) is 0. The molecule has 0 fully saturated rings. The quantitative estimate of drug-likeness (QED) is 0.346. The van der Waals surface area contributed by atoms with Crippen LogP contribution in [0.3, 0.4) is 0 Å². The van der Waals surface area contributed by atoms with Crippen molar-refractivity contribution in [2.24, 2.45) is 0 Å². The smallest absolute Gasteiger partial charge is 0.297 e. The summed E-state index contributed by atoms with van der Waals surface area (Å²) in [5, 5.41) is 9.67. The molecule has 2 aromatic carbocycles. The number of ether oxygens (including phenoxy) is 1. The second kappa shape index (κ2) is 8.83. The van der Waals surface area contributed by atoms with Crippen LogP contribution in [0, 0.1) is 5.82 Å². The molecular formula is C25H20FN3O4S. The lowest BCUT2D eigenvalue weighted by Gasteiger charge is -2.22. The van der Waals surface area contributed by atoms with Crippen molar-refractivity contribution in [2.45, 2.75) is 25.8 Å². The Morgan fingerprint density at radius 3 is 2.74 bits per heavy atom. The van der Waals surface area contributed by atoms with Gasteiger partial charge in [-0.15, -0.1) is 10.2 Å². The van der Waals surface area contributed by atoms with E-state index in [4.69, 9.17) is 9.15 Å². The standard InChI is InChI=1S/C25H20FN3O4S/c1-3-5-19-27-28-25(34-19)29-21(14-6-9-16(10-7-14)32-12-4-2)20-22(30)17-13-15(26)8-11-18(17)33-23(20)24(29)31/h4,6-11,13,21H,2-3,5,12H2,1H3/t21-/m1/s1. The largest absolute Gasteiger partial charge is 0.490 e. The van der Waals surface area contributed by atoms with Crippen molar-refractivity contribution >= 4 is 33.3 Å². The van der Waals surface area contributed by atoms with E-state index >= 15 is 0 Å². The number of carbonyl (C=O) groups is 1. The summed E-state index contributed by atoms with van der Waals surface area (Å²) in [6, 6.07) is 9.94. The maximum Gasteiger partial charge on any atom is 0.297 e. The number of benzene rings is 2. The molecule has 1 amide bonds. The first-order chi connectivity index (χ1) is 16.5. The zero-order valence-corrected chi connectivity index (χ0v) is 19.1. The summed E-state index contributed by atoms with van der Waals surface area (Å²) in [5.74, 6) is -0.508. The number of hydrogen-bond acceptors (Lipinski definition) is 7. The molecule has 0 bridgehead atoms. The molecule has 7 nitrogen and oxygen atoms in total. The second-order valence-corrected chi connectivity index (χ2v) is 8.83. The number of anilines is 1. The molecule has 0 aliphatic carbocycles. The van der Waals surface area contributed by atoms with Crippen LogP contribution in [-0.4, -0.2) is 22.7 Å². The molecule has 4 aromatic rings. The molecular weight excluding hydrogens is 457 g/mol. The zero-order valence-electron chi connectivity index (χ0n) is 18.3. The van der Waals surface area contributed by atoms with E-state index in [2.05, 4.69) is 16.8 Å². The van der Waals surface area contributed by atoms with Gasteiger partial charge < -0.3 is 9.15 Å². The fourth-order valence-corrected chi connectivity index (χ4v) is 4.98. The summed E-state index contributed by atoms with van der Waals surface area (Å²) in [5.41, 5.74) is 0.501. The van der Waals surface area contributed by atoms with Gasteiger partial charge in [0, 0.05) is 6.42 Å². The number of fused-ring (bicyclic) bond motifs is 2. The topological polar surface area (TPSA) is 85.5 Å². The molecule has 2 aromatic heterocycles. The van der Waals surface area contributed by atoms with Gasteiger partial charge in [0.2, 0.25) is 10.9 Å². The highest BCUT2D eigenvalue weighted by molar-refractivity contribution is 7.15. The van der Waals surface area contributed by atoms with Gasteiger partial charge in [-0.2, -0.15) is 0 Å². The number of amides is 1. The van der Waals surface area contributed by atoms with Crippen molar-refractivity contribution in [3.05, 3.63) is 93.1 Å². The van der Waals surface area contributed by atoms with E-state index in [0.29, 0.717) is 23.1 Å². The number of aromatic nitrogens is 2. The Bertz CT molecular complexity index is 1460. The molecule has 34 heavy (non-hydrogen) atoms. The van der Waals surface area contributed by atoms with Crippen molar-refractivity contribution < 1.29 is 18.3 Å². The van der Waals surface area contributed by atoms with Gasteiger partial charge in [-0.25, -0.2) is 4.39 Å². The number of rotatable bonds is 7.